The van der Waals surface area contributed by atoms with Gasteiger partial charge >= 0.3 is 0 Å². The molecule has 6 nitrogen and oxygen atoms in total. The summed E-state index contributed by atoms with van der Waals surface area (Å²) in [5.74, 6) is 0.848. The van der Waals surface area contributed by atoms with Gasteiger partial charge in [0.25, 0.3) is 5.56 Å². The second-order valence-electron chi connectivity index (χ2n) is 9.14. The number of nitrogens with zero attached hydrogens (tertiary/aromatic N) is 3. The van der Waals surface area contributed by atoms with E-state index in [1.165, 1.54) is 6.07 Å². The number of hydrogen-bond acceptors (Lipinski definition) is 4. The molecule has 1 aliphatic carbocycles. The highest BCUT2D eigenvalue weighted by Crippen LogP contribution is 2.32. The molecule has 1 aromatic carbocycles. The molecule has 3 aliphatic rings. The number of H-pyrrole nitrogens is 1. The molecule has 7 heteroatoms. The summed E-state index contributed by atoms with van der Waals surface area (Å²) in [5, 5.41) is 0. The van der Waals surface area contributed by atoms with Crippen LogP contribution in [0.4, 0.5) is 4.39 Å². The molecule has 0 bridgehead atoms. The first-order valence-electron chi connectivity index (χ1n) is 11.6. The molecule has 1 saturated heterocycles. The number of aromatic amines is 1. The van der Waals surface area contributed by atoms with Crippen molar-refractivity contribution in [2.24, 2.45) is 5.92 Å². The smallest absolute Gasteiger partial charge is 0.254 e. The van der Waals surface area contributed by atoms with E-state index in [0.717, 1.165) is 31.4 Å². The minimum absolute atomic E-state index is 0.103. The Bertz CT molecular complexity index is 1100. The van der Waals surface area contributed by atoms with Gasteiger partial charge in [0.2, 0.25) is 5.91 Å². The van der Waals surface area contributed by atoms with Crippen LogP contribution in [0.25, 0.3) is 0 Å². The highest BCUT2D eigenvalue weighted by atomic mass is 19.1. The highest BCUT2D eigenvalue weighted by Gasteiger charge is 2.34. The fourth-order valence-corrected chi connectivity index (χ4v) is 5.23. The lowest BCUT2D eigenvalue weighted by atomic mass is 10.0. The molecule has 1 N–H and O–H groups in total. The first kappa shape index (κ1) is 21.1. The number of amides is 1. The Morgan fingerprint density at radius 3 is 2.91 bits per heavy atom. The van der Waals surface area contributed by atoms with Crippen LogP contribution in [-0.4, -0.2) is 38.8 Å². The van der Waals surface area contributed by atoms with Crippen molar-refractivity contribution in [3.8, 4) is 0 Å². The third kappa shape index (κ3) is 4.26. The van der Waals surface area contributed by atoms with Crippen LogP contribution in [0.3, 0.4) is 0 Å². The SMILES string of the molecule is O=C(C[C@@H]1C=CCC1)N1CCC[C@H]1c1nc2c(c(=O)[nH]1)CCN(Cc1ccccc1F)C2. The van der Waals surface area contributed by atoms with Gasteiger partial charge in [0.1, 0.15) is 11.6 Å². The number of carbonyl (C=O) groups is 1. The number of carbonyl (C=O) groups excluding carboxylic acids is 1. The van der Waals surface area contributed by atoms with E-state index in [1.54, 1.807) is 12.1 Å². The Labute approximate surface area is 187 Å². The molecule has 3 heterocycles. The van der Waals surface area contributed by atoms with E-state index in [0.29, 0.717) is 61.9 Å². The Morgan fingerprint density at radius 1 is 1.22 bits per heavy atom. The summed E-state index contributed by atoms with van der Waals surface area (Å²) in [7, 11) is 0. The molecule has 1 aromatic heterocycles. The zero-order chi connectivity index (χ0) is 22.1. The Kier molecular flexibility index (Phi) is 5.91. The van der Waals surface area contributed by atoms with Gasteiger partial charge in [-0.25, -0.2) is 9.37 Å². The van der Waals surface area contributed by atoms with E-state index in [1.807, 2.05) is 11.0 Å². The van der Waals surface area contributed by atoms with Gasteiger partial charge in [0, 0.05) is 43.7 Å². The summed E-state index contributed by atoms with van der Waals surface area (Å²) in [6.07, 6.45) is 9.22. The average molecular weight is 437 g/mol. The fraction of sp³-hybridized carbons (Fsp3) is 0.480. The zero-order valence-corrected chi connectivity index (χ0v) is 18.2. The standard InChI is InChI=1S/C25H29FN4O2/c26-20-9-4-3-8-18(20)15-29-13-11-19-21(16-29)27-24(28-25(19)32)22-10-5-12-30(22)23(31)14-17-6-1-2-7-17/h1,3-4,6,8-9,17,22H,2,5,7,10-16H2,(H,27,28,32)/t17-,22+/m1/s1. The van der Waals surface area contributed by atoms with E-state index in [4.69, 9.17) is 4.98 Å². The summed E-state index contributed by atoms with van der Waals surface area (Å²) in [6, 6.07) is 6.62. The van der Waals surface area contributed by atoms with E-state index in [-0.39, 0.29) is 23.3 Å². The zero-order valence-electron chi connectivity index (χ0n) is 18.2. The van der Waals surface area contributed by atoms with Gasteiger partial charge in [0.15, 0.2) is 0 Å². The van der Waals surface area contributed by atoms with Gasteiger partial charge < -0.3 is 9.88 Å². The first-order chi connectivity index (χ1) is 15.6. The lowest BCUT2D eigenvalue weighted by molar-refractivity contribution is -0.133. The highest BCUT2D eigenvalue weighted by molar-refractivity contribution is 5.77. The van der Waals surface area contributed by atoms with Crippen molar-refractivity contribution < 1.29 is 9.18 Å². The van der Waals surface area contributed by atoms with E-state index in [9.17, 15) is 14.0 Å². The van der Waals surface area contributed by atoms with Gasteiger partial charge in [-0.1, -0.05) is 30.4 Å². The monoisotopic (exact) mass is 436 g/mol. The molecule has 2 aromatic rings. The van der Waals surface area contributed by atoms with Crippen molar-refractivity contribution in [3.63, 3.8) is 0 Å². The van der Waals surface area contributed by atoms with Crippen molar-refractivity contribution in [1.82, 2.24) is 19.8 Å². The number of nitrogens with one attached hydrogen (secondary N) is 1. The van der Waals surface area contributed by atoms with Crippen molar-refractivity contribution in [3.05, 3.63) is 75.2 Å². The largest absolute Gasteiger partial charge is 0.332 e. The van der Waals surface area contributed by atoms with Crippen molar-refractivity contribution >= 4 is 5.91 Å². The Balaban J connectivity index is 1.34. The summed E-state index contributed by atoms with van der Waals surface area (Å²) in [5.41, 5.74) is 2.01. The number of rotatable bonds is 5. The second-order valence-corrected chi connectivity index (χ2v) is 9.14. The molecule has 2 atom stereocenters. The van der Waals surface area contributed by atoms with Crippen LogP contribution in [0.5, 0.6) is 0 Å². The lowest BCUT2D eigenvalue weighted by Crippen LogP contribution is -2.37. The van der Waals surface area contributed by atoms with Gasteiger partial charge in [-0.15, -0.1) is 0 Å². The quantitative estimate of drug-likeness (QED) is 0.729. The number of benzene rings is 1. The predicted molar refractivity (Wildman–Crippen MR) is 119 cm³/mol. The van der Waals surface area contributed by atoms with E-state index >= 15 is 0 Å². The first-order valence-corrected chi connectivity index (χ1v) is 11.6. The molecule has 0 radical (unpaired) electrons. The molecule has 0 saturated carbocycles. The van der Waals surface area contributed by atoms with Gasteiger partial charge in [-0.2, -0.15) is 0 Å². The van der Waals surface area contributed by atoms with Crippen LogP contribution in [-0.2, 0) is 24.3 Å². The Hall–Kier alpha value is -2.80. The minimum Gasteiger partial charge on any atom is -0.332 e. The lowest BCUT2D eigenvalue weighted by Gasteiger charge is -2.29. The van der Waals surface area contributed by atoms with Crippen LogP contribution >= 0.6 is 0 Å². The molecule has 5 rings (SSSR count). The van der Waals surface area contributed by atoms with Gasteiger partial charge in [-0.3, -0.25) is 14.5 Å². The maximum absolute atomic E-state index is 14.1. The van der Waals surface area contributed by atoms with Crippen molar-refractivity contribution in [2.45, 2.75) is 57.7 Å². The molecule has 0 unspecified atom stereocenters. The molecule has 1 fully saturated rings. The average Bonchev–Trinajstić information content (AvgIpc) is 3.47. The maximum Gasteiger partial charge on any atom is 0.254 e. The van der Waals surface area contributed by atoms with E-state index in [2.05, 4.69) is 22.0 Å². The maximum atomic E-state index is 14.1. The van der Waals surface area contributed by atoms with Crippen molar-refractivity contribution in [1.29, 1.82) is 0 Å². The van der Waals surface area contributed by atoms with Crippen LogP contribution in [0, 0.1) is 11.7 Å². The molecular formula is C25H29FN4O2. The number of allylic oxidation sites excluding steroid dienone is 2. The van der Waals surface area contributed by atoms with Crippen LogP contribution < -0.4 is 5.56 Å². The molecule has 1 amide bonds. The number of aromatic nitrogens is 2. The number of fused-ring (bicyclic) bond motifs is 1. The van der Waals surface area contributed by atoms with E-state index < -0.39 is 0 Å². The van der Waals surface area contributed by atoms with Crippen LogP contribution in [0.15, 0.2) is 41.2 Å². The van der Waals surface area contributed by atoms with Gasteiger partial charge in [0.05, 0.1) is 11.7 Å². The topological polar surface area (TPSA) is 69.3 Å². The molecule has 32 heavy (non-hydrogen) atoms. The Morgan fingerprint density at radius 2 is 2.09 bits per heavy atom. The van der Waals surface area contributed by atoms with Crippen LogP contribution in [0.2, 0.25) is 0 Å². The summed E-state index contributed by atoms with van der Waals surface area (Å²) >= 11 is 0. The third-order valence-electron chi connectivity index (χ3n) is 6.96. The normalized spacial score (nSPS) is 23.0. The number of halogens is 1. The third-order valence-corrected chi connectivity index (χ3v) is 6.96. The predicted octanol–water partition coefficient (Wildman–Crippen LogP) is 3.49. The molecule has 0 spiro atoms. The van der Waals surface area contributed by atoms with Gasteiger partial charge in [-0.05, 0) is 44.1 Å². The summed E-state index contributed by atoms with van der Waals surface area (Å²) in [4.78, 5) is 37.6. The fourth-order valence-electron chi connectivity index (χ4n) is 5.23. The summed E-state index contributed by atoms with van der Waals surface area (Å²) < 4.78 is 14.1. The number of likely N-dealkylation sites (tertiary alicyclic amines) is 1. The molecular weight excluding hydrogens is 407 g/mol. The minimum atomic E-state index is -0.213. The number of hydrogen-bond donors (Lipinski definition) is 1. The second kappa shape index (κ2) is 8.98. The molecule has 2 aliphatic heterocycles. The van der Waals surface area contributed by atoms with Crippen LogP contribution in [0.1, 0.15) is 60.8 Å². The van der Waals surface area contributed by atoms with Crippen molar-refractivity contribution in [2.75, 3.05) is 13.1 Å². The summed E-state index contributed by atoms with van der Waals surface area (Å²) in [6.45, 7) is 2.39. The molecule has 168 valence electrons.